The number of nitrogens with zero attached hydrogens (tertiary/aromatic N) is 2. The Morgan fingerprint density at radius 1 is 1.55 bits per heavy atom. The van der Waals surface area contributed by atoms with Crippen molar-refractivity contribution in [2.75, 3.05) is 5.73 Å². The minimum Gasteiger partial charge on any atom is -0.369 e. The van der Waals surface area contributed by atoms with Crippen LogP contribution in [0.15, 0.2) is 6.20 Å². The van der Waals surface area contributed by atoms with Gasteiger partial charge in [0, 0.05) is 11.7 Å². The molecule has 0 bridgehead atoms. The van der Waals surface area contributed by atoms with E-state index < -0.39 is 0 Å². The molecule has 11 heavy (non-hydrogen) atoms. The predicted molar refractivity (Wildman–Crippen MR) is 49.0 cm³/mol. The molecule has 0 atom stereocenters. The second-order valence-corrected chi connectivity index (χ2v) is 2.72. The molecule has 4 heteroatoms. The van der Waals surface area contributed by atoms with Crippen LogP contribution in [0, 0.1) is 6.92 Å². The number of rotatable bonds is 1. The van der Waals surface area contributed by atoms with Gasteiger partial charge in [0.05, 0.1) is 6.20 Å². The third kappa shape index (κ3) is 1.87. The van der Waals surface area contributed by atoms with Gasteiger partial charge in [-0.3, -0.25) is 0 Å². The van der Waals surface area contributed by atoms with Crippen molar-refractivity contribution in [3.63, 3.8) is 0 Å². The van der Waals surface area contributed by atoms with Crippen molar-refractivity contribution < 1.29 is 0 Å². The summed E-state index contributed by atoms with van der Waals surface area (Å²) in [5, 5.41) is 0. The number of nitrogens with two attached hydrogens (primary N) is 1. The fourth-order valence-electron chi connectivity index (χ4n) is 1.14. The second-order valence-electron chi connectivity index (χ2n) is 2.72. The van der Waals surface area contributed by atoms with Crippen LogP contribution < -0.4 is 5.73 Å². The Balaban J connectivity index is 0.000001000. The number of nitrogen functional groups attached to an aromatic ring is 1. The summed E-state index contributed by atoms with van der Waals surface area (Å²) in [6.45, 7) is 6.18. The molecule has 3 nitrogen and oxygen atoms in total. The van der Waals surface area contributed by atoms with Crippen molar-refractivity contribution in [1.29, 1.82) is 0 Å². The average molecular weight is 176 g/mol. The first kappa shape index (κ1) is 10.3. The molecule has 0 aliphatic heterocycles. The predicted octanol–water partition coefficient (Wildman–Crippen LogP) is 1.78. The third-order valence-corrected chi connectivity index (χ3v) is 1.53. The van der Waals surface area contributed by atoms with E-state index in [1.807, 2.05) is 11.5 Å². The Morgan fingerprint density at radius 2 is 2.09 bits per heavy atom. The highest BCUT2D eigenvalue weighted by atomic mass is 35.5. The normalized spacial score (nSPS) is 9.82. The van der Waals surface area contributed by atoms with Gasteiger partial charge in [0.2, 0.25) is 5.95 Å². The van der Waals surface area contributed by atoms with Gasteiger partial charge in [-0.15, -0.1) is 12.4 Å². The molecular weight excluding hydrogens is 162 g/mol. The van der Waals surface area contributed by atoms with Crippen molar-refractivity contribution in [3.05, 3.63) is 11.9 Å². The van der Waals surface area contributed by atoms with Crippen molar-refractivity contribution in [3.8, 4) is 0 Å². The van der Waals surface area contributed by atoms with Gasteiger partial charge < -0.3 is 10.3 Å². The fourth-order valence-corrected chi connectivity index (χ4v) is 1.14. The number of hydrogen-bond donors (Lipinski definition) is 1. The lowest BCUT2D eigenvalue weighted by atomic mass is 10.3. The Kier molecular flexibility index (Phi) is 3.39. The van der Waals surface area contributed by atoms with E-state index in [1.165, 1.54) is 0 Å². The Bertz CT molecular complexity index is 210. The van der Waals surface area contributed by atoms with Gasteiger partial charge in [-0.1, -0.05) is 0 Å². The third-order valence-electron chi connectivity index (χ3n) is 1.53. The first-order valence-corrected chi connectivity index (χ1v) is 3.42. The zero-order chi connectivity index (χ0) is 7.72. The second kappa shape index (κ2) is 3.62. The van der Waals surface area contributed by atoms with Crippen LogP contribution in [0.3, 0.4) is 0 Å². The highest BCUT2D eigenvalue weighted by Gasteiger charge is 2.04. The van der Waals surface area contributed by atoms with Crippen molar-refractivity contribution in [2.45, 2.75) is 26.8 Å². The van der Waals surface area contributed by atoms with E-state index in [4.69, 9.17) is 5.73 Å². The summed E-state index contributed by atoms with van der Waals surface area (Å²) in [5.41, 5.74) is 6.71. The zero-order valence-corrected chi connectivity index (χ0v) is 7.85. The smallest absolute Gasteiger partial charge is 0.200 e. The molecule has 1 aromatic rings. The summed E-state index contributed by atoms with van der Waals surface area (Å²) in [4.78, 5) is 3.98. The van der Waals surface area contributed by atoms with E-state index >= 15 is 0 Å². The van der Waals surface area contributed by atoms with E-state index in [1.54, 1.807) is 6.20 Å². The van der Waals surface area contributed by atoms with Crippen LogP contribution in [0.5, 0.6) is 0 Å². The number of hydrogen-bond acceptors (Lipinski definition) is 2. The topological polar surface area (TPSA) is 43.8 Å². The van der Waals surface area contributed by atoms with Gasteiger partial charge in [0.1, 0.15) is 0 Å². The molecule has 0 radical (unpaired) electrons. The molecule has 2 N–H and O–H groups in total. The molecule has 0 aliphatic rings. The fraction of sp³-hybridized carbons (Fsp3) is 0.571. The number of imidazole rings is 1. The number of aromatic nitrogens is 2. The molecule has 0 aromatic carbocycles. The molecule has 1 heterocycles. The van der Waals surface area contributed by atoms with E-state index in [0.29, 0.717) is 12.0 Å². The average Bonchev–Trinajstić information content (AvgIpc) is 2.11. The highest BCUT2D eigenvalue weighted by Crippen LogP contribution is 2.13. The maximum absolute atomic E-state index is 5.59. The quantitative estimate of drug-likeness (QED) is 0.707. The maximum Gasteiger partial charge on any atom is 0.200 e. The standard InChI is InChI=1S/C7H13N3.ClH/c1-5(2)10-6(3)4-9-7(10)8;/h4-5H,1-3H3,(H2,8,9);1H. The van der Waals surface area contributed by atoms with Crippen LogP contribution in [-0.2, 0) is 0 Å². The highest BCUT2D eigenvalue weighted by molar-refractivity contribution is 5.85. The summed E-state index contributed by atoms with van der Waals surface area (Å²) in [6.07, 6.45) is 1.79. The number of halogens is 1. The zero-order valence-electron chi connectivity index (χ0n) is 7.03. The van der Waals surface area contributed by atoms with Crippen LogP contribution in [0.25, 0.3) is 0 Å². The lowest BCUT2D eigenvalue weighted by molar-refractivity contribution is 0.595. The van der Waals surface area contributed by atoms with Crippen LogP contribution in [0.1, 0.15) is 25.6 Å². The van der Waals surface area contributed by atoms with Crippen LogP contribution in [0.2, 0.25) is 0 Å². The van der Waals surface area contributed by atoms with Crippen molar-refractivity contribution in [2.24, 2.45) is 0 Å². The maximum atomic E-state index is 5.59. The van der Waals surface area contributed by atoms with Crippen LogP contribution in [0.4, 0.5) is 5.95 Å². The van der Waals surface area contributed by atoms with Crippen molar-refractivity contribution in [1.82, 2.24) is 9.55 Å². The summed E-state index contributed by atoms with van der Waals surface area (Å²) in [7, 11) is 0. The summed E-state index contributed by atoms with van der Waals surface area (Å²) < 4.78 is 2.00. The van der Waals surface area contributed by atoms with Gasteiger partial charge in [-0.2, -0.15) is 0 Å². The van der Waals surface area contributed by atoms with E-state index in [2.05, 4.69) is 18.8 Å². The molecule has 0 amide bonds. The lowest BCUT2D eigenvalue weighted by Crippen LogP contribution is -2.06. The van der Waals surface area contributed by atoms with Gasteiger partial charge in [-0.25, -0.2) is 4.98 Å². The van der Waals surface area contributed by atoms with Crippen LogP contribution >= 0.6 is 12.4 Å². The van der Waals surface area contributed by atoms with Gasteiger partial charge in [0.25, 0.3) is 0 Å². The van der Waals surface area contributed by atoms with E-state index in [0.717, 1.165) is 5.69 Å². The Morgan fingerprint density at radius 3 is 2.27 bits per heavy atom. The number of aryl methyl sites for hydroxylation is 1. The molecular formula is C7H14ClN3. The molecule has 0 unspecified atom stereocenters. The largest absolute Gasteiger partial charge is 0.369 e. The molecule has 0 spiro atoms. The monoisotopic (exact) mass is 175 g/mol. The Labute approximate surface area is 73.0 Å². The van der Waals surface area contributed by atoms with Crippen molar-refractivity contribution >= 4 is 18.4 Å². The minimum atomic E-state index is 0. The molecule has 0 aliphatic carbocycles. The molecule has 0 saturated carbocycles. The summed E-state index contributed by atoms with van der Waals surface area (Å²) in [5.74, 6) is 0.604. The molecule has 64 valence electrons. The molecule has 0 fully saturated rings. The molecule has 1 rings (SSSR count). The molecule has 1 aromatic heterocycles. The number of anilines is 1. The SMILES string of the molecule is Cc1cnc(N)n1C(C)C.Cl. The van der Waals surface area contributed by atoms with Gasteiger partial charge >= 0.3 is 0 Å². The minimum absolute atomic E-state index is 0. The van der Waals surface area contributed by atoms with E-state index in [9.17, 15) is 0 Å². The van der Waals surface area contributed by atoms with Gasteiger partial charge in [-0.05, 0) is 20.8 Å². The Hall–Kier alpha value is -0.700. The van der Waals surface area contributed by atoms with E-state index in [-0.39, 0.29) is 12.4 Å². The first-order valence-electron chi connectivity index (χ1n) is 3.42. The summed E-state index contributed by atoms with van der Waals surface area (Å²) in [6, 6.07) is 0.405. The van der Waals surface area contributed by atoms with Gasteiger partial charge in [0.15, 0.2) is 0 Å². The van der Waals surface area contributed by atoms with Crippen LogP contribution in [-0.4, -0.2) is 9.55 Å². The first-order chi connectivity index (χ1) is 4.63. The molecule has 0 saturated heterocycles. The lowest BCUT2D eigenvalue weighted by Gasteiger charge is -2.10. The summed E-state index contributed by atoms with van der Waals surface area (Å²) >= 11 is 0.